The number of H-pyrrole nitrogens is 1. The van der Waals surface area contributed by atoms with Crippen molar-refractivity contribution in [2.45, 2.75) is 50.6 Å². The van der Waals surface area contributed by atoms with Crippen molar-refractivity contribution in [2.75, 3.05) is 20.3 Å². The Morgan fingerprint density at radius 3 is 2.58 bits per heavy atom. The van der Waals surface area contributed by atoms with Crippen LogP contribution in [-0.2, 0) is 11.2 Å². The SMILES string of the molecule is COCCOc1ccc(C2c3[nH]c4ccc(Br)cc4c3Cc3c(O)n(C4CCCCC4)c(=S)n32)cc1. The highest BCUT2D eigenvalue weighted by Gasteiger charge is 2.35. The predicted octanol–water partition coefficient (Wildman–Crippen LogP) is 7.04. The molecule has 2 aliphatic rings. The largest absolute Gasteiger partial charge is 0.493 e. The Morgan fingerprint density at radius 2 is 1.83 bits per heavy atom. The number of hydrogen-bond acceptors (Lipinski definition) is 4. The zero-order valence-electron chi connectivity index (χ0n) is 20.3. The van der Waals surface area contributed by atoms with E-state index < -0.39 is 0 Å². The van der Waals surface area contributed by atoms with Crippen molar-refractivity contribution in [3.8, 4) is 11.6 Å². The fraction of sp³-hybridized carbons (Fsp3) is 0.393. The van der Waals surface area contributed by atoms with Crippen molar-refractivity contribution >= 4 is 39.1 Å². The van der Waals surface area contributed by atoms with E-state index in [1.54, 1.807) is 7.11 Å². The van der Waals surface area contributed by atoms with Crippen LogP contribution in [0.2, 0.25) is 0 Å². The van der Waals surface area contributed by atoms with Crippen molar-refractivity contribution in [1.82, 2.24) is 14.1 Å². The maximum absolute atomic E-state index is 11.6. The number of fused-ring (bicyclic) bond motifs is 4. The van der Waals surface area contributed by atoms with E-state index in [2.05, 4.69) is 55.8 Å². The minimum Gasteiger partial charge on any atom is -0.493 e. The highest BCUT2D eigenvalue weighted by molar-refractivity contribution is 9.10. The third-order valence-corrected chi connectivity index (χ3v) is 8.54. The topological polar surface area (TPSA) is 64.3 Å². The first-order valence-corrected chi connectivity index (χ1v) is 13.8. The summed E-state index contributed by atoms with van der Waals surface area (Å²) < 4.78 is 16.8. The standard InChI is InChI=1S/C28H30BrN3O3S/c1-34-13-14-35-20-10-7-17(8-11-20)26-25-22(21-15-18(29)9-12-23(21)30-25)16-24-27(33)31(28(36)32(24)26)19-5-3-2-4-6-19/h7-12,15,19,26,30,33H,2-6,13-14,16H2,1H3. The van der Waals surface area contributed by atoms with E-state index in [1.165, 1.54) is 30.2 Å². The predicted molar refractivity (Wildman–Crippen MR) is 147 cm³/mol. The quantitative estimate of drug-likeness (QED) is 0.170. The van der Waals surface area contributed by atoms with Gasteiger partial charge < -0.3 is 24.1 Å². The normalized spacial score (nSPS) is 17.8. The summed E-state index contributed by atoms with van der Waals surface area (Å²) in [6.45, 7) is 1.05. The Morgan fingerprint density at radius 1 is 1.06 bits per heavy atom. The number of rotatable bonds is 6. The molecule has 1 saturated carbocycles. The first-order chi connectivity index (χ1) is 17.6. The van der Waals surface area contributed by atoms with E-state index in [9.17, 15) is 5.11 Å². The van der Waals surface area contributed by atoms with E-state index in [-0.39, 0.29) is 12.1 Å². The van der Waals surface area contributed by atoms with Gasteiger partial charge in [0.25, 0.3) is 0 Å². The first-order valence-electron chi connectivity index (χ1n) is 12.6. The lowest BCUT2D eigenvalue weighted by molar-refractivity contribution is 0.146. The lowest BCUT2D eigenvalue weighted by Crippen LogP contribution is -2.22. The zero-order valence-corrected chi connectivity index (χ0v) is 22.7. The molecule has 4 aromatic rings. The Labute approximate surface area is 224 Å². The molecule has 1 aliphatic carbocycles. The number of imidazole rings is 1. The minimum absolute atomic E-state index is 0.161. The van der Waals surface area contributed by atoms with E-state index in [4.69, 9.17) is 21.7 Å². The molecule has 6 rings (SSSR count). The molecule has 1 fully saturated rings. The molecule has 0 amide bonds. The molecule has 2 N–H and O–H groups in total. The van der Waals surface area contributed by atoms with Gasteiger partial charge in [0.05, 0.1) is 12.3 Å². The van der Waals surface area contributed by atoms with Gasteiger partial charge in [-0.2, -0.15) is 0 Å². The molecule has 1 unspecified atom stereocenters. The summed E-state index contributed by atoms with van der Waals surface area (Å²) in [6, 6.07) is 14.6. The second-order valence-corrected chi connectivity index (χ2v) is 11.1. The highest BCUT2D eigenvalue weighted by atomic mass is 79.9. The van der Waals surface area contributed by atoms with E-state index in [0.29, 0.717) is 30.3 Å². The number of aromatic nitrogens is 3. The molecule has 188 valence electrons. The van der Waals surface area contributed by atoms with E-state index >= 15 is 0 Å². The summed E-state index contributed by atoms with van der Waals surface area (Å²) in [7, 11) is 1.67. The van der Waals surface area contributed by atoms with Crippen LogP contribution in [0.4, 0.5) is 0 Å². The molecule has 8 heteroatoms. The second kappa shape index (κ2) is 9.72. The van der Waals surface area contributed by atoms with Gasteiger partial charge in [0.15, 0.2) is 4.77 Å². The average molecular weight is 569 g/mol. The number of halogens is 1. The van der Waals surface area contributed by atoms with Crippen LogP contribution in [0.3, 0.4) is 0 Å². The summed E-state index contributed by atoms with van der Waals surface area (Å²) in [5.74, 6) is 1.13. The van der Waals surface area contributed by atoms with Gasteiger partial charge in [-0.1, -0.05) is 47.3 Å². The smallest absolute Gasteiger partial charge is 0.214 e. The van der Waals surface area contributed by atoms with Gasteiger partial charge >= 0.3 is 0 Å². The summed E-state index contributed by atoms with van der Waals surface area (Å²) in [5, 5.41) is 12.7. The average Bonchev–Trinajstić information content (AvgIpc) is 3.38. The number of methoxy groups -OCH3 is 1. The van der Waals surface area contributed by atoms with Crippen molar-refractivity contribution in [1.29, 1.82) is 0 Å². The van der Waals surface area contributed by atoms with Crippen LogP contribution in [-0.4, -0.2) is 39.5 Å². The number of benzene rings is 2. The zero-order chi connectivity index (χ0) is 24.8. The lowest BCUT2D eigenvalue weighted by atomic mass is 9.93. The minimum atomic E-state index is -0.161. The van der Waals surface area contributed by atoms with E-state index in [0.717, 1.165) is 45.5 Å². The fourth-order valence-electron chi connectivity index (χ4n) is 5.93. The fourth-order valence-corrected chi connectivity index (χ4v) is 6.75. The van der Waals surface area contributed by atoms with Gasteiger partial charge in [0.2, 0.25) is 5.88 Å². The van der Waals surface area contributed by atoms with Gasteiger partial charge in [0.1, 0.15) is 18.4 Å². The first kappa shape index (κ1) is 23.8. The van der Waals surface area contributed by atoms with Gasteiger partial charge in [-0.25, -0.2) is 0 Å². The second-order valence-electron chi connectivity index (χ2n) is 9.78. The molecule has 1 atom stereocenters. The Bertz CT molecular complexity index is 1460. The van der Waals surface area contributed by atoms with Crippen LogP contribution in [0.1, 0.15) is 66.7 Å². The Hall–Kier alpha value is -2.55. The molecule has 3 heterocycles. The molecule has 1 aliphatic heterocycles. The molecule has 0 spiro atoms. The number of ether oxygens (including phenoxy) is 2. The molecular formula is C28H30BrN3O3S. The van der Waals surface area contributed by atoms with Crippen molar-refractivity contribution < 1.29 is 14.6 Å². The lowest BCUT2D eigenvalue weighted by Gasteiger charge is -2.27. The van der Waals surface area contributed by atoms with Crippen LogP contribution < -0.4 is 4.74 Å². The van der Waals surface area contributed by atoms with Gasteiger partial charge in [-0.15, -0.1) is 0 Å². The van der Waals surface area contributed by atoms with Gasteiger partial charge in [0, 0.05) is 40.6 Å². The molecule has 2 aromatic carbocycles. The van der Waals surface area contributed by atoms with Crippen molar-refractivity contribution in [3.05, 3.63) is 74.2 Å². The van der Waals surface area contributed by atoms with Crippen LogP contribution in [0.5, 0.6) is 11.6 Å². The summed E-state index contributed by atoms with van der Waals surface area (Å²) in [5.41, 5.74) is 5.41. The number of aromatic hydroxyl groups is 1. The number of nitrogens with one attached hydrogen (secondary N) is 1. The summed E-state index contributed by atoms with van der Waals surface area (Å²) in [6.07, 6.45) is 6.37. The van der Waals surface area contributed by atoms with Crippen LogP contribution >= 0.6 is 28.1 Å². The van der Waals surface area contributed by atoms with Crippen molar-refractivity contribution in [2.24, 2.45) is 0 Å². The summed E-state index contributed by atoms with van der Waals surface area (Å²) in [4.78, 5) is 3.70. The number of hydrogen-bond donors (Lipinski definition) is 2. The summed E-state index contributed by atoms with van der Waals surface area (Å²) >= 11 is 9.73. The van der Waals surface area contributed by atoms with E-state index in [1.807, 2.05) is 16.7 Å². The van der Waals surface area contributed by atoms with Crippen molar-refractivity contribution in [3.63, 3.8) is 0 Å². The van der Waals surface area contributed by atoms with Crippen LogP contribution in [0.15, 0.2) is 46.9 Å². The molecule has 6 nitrogen and oxygen atoms in total. The number of aromatic amines is 1. The van der Waals surface area contributed by atoms with Crippen LogP contribution in [0, 0.1) is 4.77 Å². The Balaban J connectivity index is 1.51. The molecule has 0 saturated heterocycles. The third-order valence-electron chi connectivity index (χ3n) is 7.66. The maximum Gasteiger partial charge on any atom is 0.214 e. The number of nitrogens with zero attached hydrogens (tertiary/aromatic N) is 2. The molecule has 0 radical (unpaired) electrons. The van der Waals surface area contributed by atoms with Crippen LogP contribution in [0.25, 0.3) is 10.9 Å². The Kier molecular flexibility index (Phi) is 6.44. The monoisotopic (exact) mass is 567 g/mol. The molecule has 2 aromatic heterocycles. The van der Waals surface area contributed by atoms with Gasteiger partial charge in [-0.3, -0.25) is 4.57 Å². The molecule has 36 heavy (non-hydrogen) atoms. The molecule has 0 bridgehead atoms. The van der Waals surface area contributed by atoms with Gasteiger partial charge in [-0.05, 0) is 66.5 Å². The third kappa shape index (κ3) is 3.99. The molecular weight excluding hydrogens is 538 g/mol. The maximum atomic E-state index is 11.6. The highest BCUT2D eigenvalue weighted by Crippen LogP contribution is 2.45.